The molecule has 2 amide bonds. The zero-order valence-electron chi connectivity index (χ0n) is 14.8. The van der Waals surface area contributed by atoms with Gasteiger partial charge in [-0.3, -0.25) is 9.59 Å². The SMILES string of the molecule is O=C(NC1CCCC1)C1CC(=O)N(CCc2c[nH]c3ccc(F)cc23)C1. The molecule has 5 nitrogen and oxygen atoms in total. The Morgan fingerprint density at radius 2 is 2.12 bits per heavy atom. The molecule has 1 saturated carbocycles. The predicted octanol–water partition coefficient (Wildman–Crippen LogP) is 2.76. The molecule has 26 heavy (non-hydrogen) atoms. The molecule has 138 valence electrons. The quantitative estimate of drug-likeness (QED) is 0.864. The maximum atomic E-state index is 13.5. The summed E-state index contributed by atoms with van der Waals surface area (Å²) in [4.78, 5) is 29.6. The minimum absolute atomic E-state index is 0.0157. The summed E-state index contributed by atoms with van der Waals surface area (Å²) in [5.74, 6) is -0.465. The molecule has 2 aromatic rings. The van der Waals surface area contributed by atoms with E-state index < -0.39 is 0 Å². The fraction of sp³-hybridized carbons (Fsp3) is 0.500. The molecule has 1 aromatic heterocycles. The maximum Gasteiger partial charge on any atom is 0.225 e. The number of benzene rings is 1. The standard InChI is InChI=1S/C20H24FN3O2/c21-15-5-6-18-17(10-15)13(11-22-18)7-8-24-12-14(9-19(24)25)20(26)23-16-3-1-2-4-16/h5-6,10-11,14,16,22H,1-4,7-9,12H2,(H,23,26). The smallest absolute Gasteiger partial charge is 0.225 e. The number of halogens is 1. The number of carbonyl (C=O) groups excluding carboxylic acids is 2. The monoisotopic (exact) mass is 357 g/mol. The van der Waals surface area contributed by atoms with Crippen molar-refractivity contribution >= 4 is 22.7 Å². The number of hydrogen-bond donors (Lipinski definition) is 2. The second-order valence-corrected chi connectivity index (χ2v) is 7.48. The third kappa shape index (κ3) is 3.45. The van der Waals surface area contributed by atoms with Crippen molar-refractivity contribution in [1.29, 1.82) is 0 Å². The van der Waals surface area contributed by atoms with Crippen LogP contribution >= 0.6 is 0 Å². The molecule has 4 rings (SSSR count). The van der Waals surface area contributed by atoms with Gasteiger partial charge in [0.1, 0.15) is 5.82 Å². The van der Waals surface area contributed by atoms with Crippen molar-refractivity contribution in [3.8, 4) is 0 Å². The molecule has 2 aliphatic rings. The van der Waals surface area contributed by atoms with Gasteiger partial charge in [0.15, 0.2) is 0 Å². The minimum Gasteiger partial charge on any atom is -0.361 e. The van der Waals surface area contributed by atoms with Gasteiger partial charge in [0.05, 0.1) is 5.92 Å². The number of nitrogens with zero attached hydrogens (tertiary/aromatic N) is 1. The Morgan fingerprint density at radius 1 is 1.31 bits per heavy atom. The molecular weight excluding hydrogens is 333 g/mol. The molecule has 1 aromatic carbocycles. The summed E-state index contributed by atoms with van der Waals surface area (Å²) in [5.41, 5.74) is 1.88. The van der Waals surface area contributed by atoms with Crippen LogP contribution in [0.3, 0.4) is 0 Å². The lowest BCUT2D eigenvalue weighted by atomic mass is 10.1. The van der Waals surface area contributed by atoms with E-state index in [-0.39, 0.29) is 29.6 Å². The summed E-state index contributed by atoms with van der Waals surface area (Å²) in [6.45, 7) is 1.03. The third-order valence-corrected chi connectivity index (χ3v) is 5.67. The zero-order valence-corrected chi connectivity index (χ0v) is 14.8. The average Bonchev–Trinajstić information content (AvgIpc) is 3.33. The van der Waals surface area contributed by atoms with E-state index in [1.807, 2.05) is 6.20 Å². The van der Waals surface area contributed by atoms with Gasteiger partial charge >= 0.3 is 0 Å². The van der Waals surface area contributed by atoms with E-state index >= 15 is 0 Å². The van der Waals surface area contributed by atoms with Gasteiger partial charge in [-0.05, 0) is 43.0 Å². The van der Waals surface area contributed by atoms with Crippen LogP contribution in [-0.4, -0.2) is 40.8 Å². The van der Waals surface area contributed by atoms with Crippen LogP contribution in [0.2, 0.25) is 0 Å². The van der Waals surface area contributed by atoms with Gasteiger partial charge in [0.25, 0.3) is 0 Å². The number of carbonyl (C=O) groups is 2. The molecule has 6 heteroatoms. The first-order chi connectivity index (χ1) is 12.6. The summed E-state index contributed by atoms with van der Waals surface area (Å²) in [6.07, 6.45) is 7.25. The minimum atomic E-state index is -0.265. The third-order valence-electron chi connectivity index (χ3n) is 5.67. The highest BCUT2D eigenvalue weighted by atomic mass is 19.1. The van der Waals surface area contributed by atoms with E-state index in [1.165, 1.54) is 25.0 Å². The van der Waals surface area contributed by atoms with E-state index in [9.17, 15) is 14.0 Å². The predicted molar refractivity (Wildman–Crippen MR) is 97.0 cm³/mol. The van der Waals surface area contributed by atoms with Crippen LogP contribution < -0.4 is 5.32 Å². The second-order valence-electron chi connectivity index (χ2n) is 7.48. The lowest BCUT2D eigenvalue weighted by molar-refractivity contribution is -0.129. The van der Waals surface area contributed by atoms with Crippen molar-refractivity contribution in [3.63, 3.8) is 0 Å². The molecule has 1 saturated heterocycles. The second kappa shape index (κ2) is 7.09. The number of fused-ring (bicyclic) bond motifs is 1. The number of H-pyrrole nitrogens is 1. The van der Waals surface area contributed by atoms with Gasteiger partial charge in [-0.2, -0.15) is 0 Å². The highest BCUT2D eigenvalue weighted by Gasteiger charge is 2.35. The van der Waals surface area contributed by atoms with Crippen molar-refractivity contribution < 1.29 is 14.0 Å². The van der Waals surface area contributed by atoms with Crippen molar-refractivity contribution in [2.75, 3.05) is 13.1 Å². The van der Waals surface area contributed by atoms with Gasteiger partial charge in [0.2, 0.25) is 11.8 Å². The summed E-state index contributed by atoms with van der Waals surface area (Å²) in [7, 11) is 0. The van der Waals surface area contributed by atoms with Gasteiger partial charge < -0.3 is 15.2 Å². The van der Waals surface area contributed by atoms with Crippen LogP contribution in [0.15, 0.2) is 24.4 Å². The largest absolute Gasteiger partial charge is 0.361 e. The fourth-order valence-corrected chi connectivity index (χ4v) is 4.17. The lowest BCUT2D eigenvalue weighted by Gasteiger charge is -2.18. The highest BCUT2D eigenvalue weighted by molar-refractivity contribution is 5.89. The number of rotatable bonds is 5. The van der Waals surface area contributed by atoms with E-state index in [1.54, 1.807) is 11.0 Å². The van der Waals surface area contributed by atoms with Crippen LogP contribution in [0.1, 0.15) is 37.7 Å². The van der Waals surface area contributed by atoms with Crippen LogP contribution in [0.4, 0.5) is 4.39 Å². The first kappa shape index (κ1) is 17.1. The number of hydrogen-bond acceptors (Lipinski definition) is 2. The van der Waals surface area contributed by atoms with Gasteiger partial charge in [-0.15, -0.1) is 0 Å². The number of aromatic amines is 1. The fourth-order valence-electron chi connectivity index (χ4n) is 4.17. The van der Waals surface area contributed by atoms with E-state index in [2.05, 4.69) is 10.3 Å². The van der Waals surface area contributed by atoms with Gasteiger partial charge in [-0.25, -0.2) is 4.39 Å². The number of nitrogens with one attached hydrogen (secondary N) is 2. The summed E-state index contributed by atoms with van der Waals surface area (Å²) in [5, 5.41) is 3.95. The van der Waals surface area contributed by atoms with Crippen LogP contribution in [0.5, 0.6) is 0 Å². The molecule has 2 N–H and O–H groups in total. The molecule has 1 atom stereocenters. The topological polar surface area (TPSA) is 65.2 Å². The van der Waals surface area contributed by atoms with Crippen molar-refractivity contribution in [2.45, 2.75) is 44.6 Å². The highest BCUT2D eigenvalue weighted by Crippen LogP contribution is 2.24. The van der Waals surface area contributed by atoms with Crippen molar-refractivity contribution in [1.82, 2.24) is 15.2 Å². The number of likely N-dealkylation sites (tertiary alicyclic amines) is 1. The van der Waals surface area contributed by atoms with Crippen molar-refractivity contribution in [3.05, 3.63) is 35.8 Å². The van der Waals surface area contributed by atoms with Gasteiger partial charge in [-0.1, -0.05) is 12.8 Å². The van der Waals surface area contributed by atoms with E-state index in [4.69, 9.17) is 0 Å². The summed E-state index contributed by atoms with van der Waals surface area (Å²) < 4.78 is 13.5. The first-order valence-electron chi connectivity index (χ1n) is 9.44. The Labute approximate surface area is 151 Å². The molecule has 2 heterocycles. The molecule has 0 bridgehead atoms. The normalized spacial score (nSPS) is 21.0. The Kier molecular flexibility index (Phi) is 4.66. The van der Waals surface area contributed by atoms with Crippen molar-refractivity contribution in [2.24, 2.45) is 5.92 Å². The molecule has 2 fully saturated rings. The zero-order chi connectivity index (χ0) is 18.1. The molecule has 0 radical (unpaired) electrons. The Hall–Kier alpha value is -2.37. The molecule has 1 aliphatic heterocycles. The summed E-state index contributed by atoms with van der Waals surface area (Å²) in [6, 6.07) is 4.96. The van der Waals surface area contributed by atoms with E-state index in [0.29, 0.717) is 25.9 Å². The summed E-state index contributed by atoms with van der Waals surface area (Å²) >= 11 is 0. The lowest BCUT2D eigenvalue weighted by Crippen LogP contribution is -2.38. The Bertz CT molecular complexity index is 826. The van der Waals surface area contributed by atoms with E-state index in [0.717, 1.165) is 29.3 Å². The number of amides is 2. The van der Waals surface area contributed by atoms with Crippen LogP contribution in [-0.2, 0) is 16.0 Å². The van der Waals surface area contributed by atoms with Crippen LogP contribution in [0.25, 0.3) is 10.9 Å². The maximum absolute atomic E-state index is 13.5. The van der Waals surface area contributed by atoms with Crippen LogP contribution in [0, 0.1) is 11.7 Å². The molecule has 0 spiro atoms. The molecule has 1 unspecified atom stereocenters. The molecular formula is C20H24FN3O2. The molecule has 1 aliphatic carbocycles. The Morgan fingerprint density at radius 3 is 2.92 bits per heavy atom. The number of aromatic nitrogens is 1. The van der Waals surface area contributed by atoms with Gasteiger partial charge in [0, 0.05) is 42.7 Å². The first-order valence-corrected chi connectivity index (χ1v) is 9.44. The average molecular weight is 357 g/mol. The Balaban J connectivity index is 1.35.